The molecule has 1 amide bonds. The molecule has 2 saturated heterocycles. The molecule has 0 bridgehead atoms. The van der Waals surface area contributed by atoms with Crippen LogP contribution in [0.5, 0.6) is 11.8 Å². The maximum absolute atomic E-state index is 11.5. The molecule has 4 heterocycles. The van der Waals surface area contributed by atoms with Gasteiger partial charge in [-0.3, -0.25) is 14.5 Å². The smallest absolute Gasteiger partial charge is 0.309 e. The number of nitriles is 1. The van der Waals surface area contributed by atoms with Crippen molar-refractivity contribution in [3.05, 3.63) is 93.0 Å². The monoisotopic (exact) mass is 746 g/mol. The van der Waals surface area contributed by atoms with E-state index < -0.39 is 5.97 Å². The summed E-state index contributed by atoms with van der Waals surface area (Å²) in [6.45, 7) is 4.68. The van der Waals surface area contributed by atoms with Crippen molar-refractivity contribution in [2.45, 2.75) is 57.8 Å². The highest BCUT2D eigenvalue weighted by atomic mass is 35.5. The number of pyridine rings is 1. The Bertz CT molecular complexity index is 2330. The minimum absolute atomic E-state index is 0.0831. The van der Waals surface area contributed by atoms with Crippen molar-refractivity contribution in [2.75, 3.05) is 26.7 Å². The van der Waals surface area contributed by atoms with Crippen molar-refractivity contribution in [3.8, 4) is 40.4 Å². The van der Waals surface area contributed by atoms with E-state index in [1.165, 1.54) is 5.56 Å². The SMILES string of the molecule is COc1nc(O[C@H]2CCc3c(-c4cccc(-c5nc6cc(CN7CC(C(=O)O)C7)cc(C#N)c6o5)c4C)cccc32)c(Cl)cc1CNC[C@@H]1CCC(=O)N1. The number of hydrogen-bond donors (Lipinski definition) is 3. The summed E-state index contributed by atoms with van der Waals surface area (Å²) in [4.78, 5) is 34.3. The first-order valence-corrected chi connectivity index (χ1v) is 18.5. The Balaban J connectivity index is 1.02. The Labute approximate surface area is 317 Å². The third kappa shape index (κ3) is 6.86. The average Bonchev–Trinajstić information content (AvgIpc) is 3.88. The third-order valence-electron chi connectivity index (χ3n) is 10.7. The van der Waals surface area contributed by atoms with Gasteiger partial charge < -0.3 is 29.6 Å². The number of amides is 1. The fourth-order valence-corrected chi connectivity index (χ4v) is 8.09. The number of aromatic nitrogens is 2. The van der Waals surface area contributed by atoms with Crippen molar-refractivity contribution < 1.29 is 28.6 Å². The number of oxazole rings is 1. The molecule has 3 N–H and O–H groups in total. The number of carbonyl (C=O) groups excluding carboxylic acids is 1. The van der Waals surface area contributed by atoms with Crippen LogP contribution in [0.3, 0.4) is 0 Å². The number of hydrogen-bond acceptors (Lipinski definition) is 10. The fourth-order valence-electron chi connectivity index (χ4n) is 7.87. The molecule has 8 rings (SSSR count). The maximum Gasteiger partial charge on any atom is 0.309 e. The van der Waals surface area contributed by atoms with Crippen LogP contribution in [0.4, 0.5) is 0 Å². The van der Waals surface area contributed by atoms with E-state index in [0.29, 0.717) is 78.5 Å². The topological polar surface area (TPSA) is 163 Å². The number of aliphatic carboxylic acids is 1. The number of carboxylic acids is 1. The van der Waals surface area contributed by atoms with Crippen LogP contribution in [-0.4, -0.2) is 64.6 Å². The molecule has 13 heteroatoms. The van der Waals surface area contributed by atoms with Crippen LogP contribution in [0.25, 0.3) is 33.7 Å². The molecule has 3 aliphatic rings. The maximum atomic E-state index is 11.5. The molecule has 0 unspecified atom stereocenters. The fraction of sp³-hybridized carbons (Fsp3) is 0.341. The Morgan fingerprint density at radius 1 is 1.09 bits per heavy atom. The summed E-state index contributed by atoms with van der Waals surface area (Å²) in [7, 11) is 1.57. The molecule has 12 nitrogen and oxygen atoms in total. The highest BCUT2D eigenvalue weighted by molar-refractivity contribution is 6.31. The number of halogens is 1. The van der Waals surface area contributed by atoms with Crippen LogP contribution >= 0.6 is 11.6 Å². The number of benzene rings is 3. The van der Waals surface area contributed by atoms with Crippen molar-refractivity contribution in [1.29, 1.82) is 5.26 Å². The predicted molar refractivity (Wildman–Crippen MR) is 201 cm³/mol. The van der Waals surface area contributed by atoms with Crippen LogP contribution in [-0.2, 0) is 29.1 Å². The van der Waals surface area contributed by atoms with Gasteiger partial charge >= 0.3 is 5.97 Å². The molecule has 5 aromatic rings. The molecule has 3 aromatic carbocycles. The molecular formula is C41H39ClN6O6. The number of carbonyl (C=O) groups is 2. The van der Waals surface area contributed by atoms with Crippen molar-refractivity contribution in [2.24, 2.45) is 5.92 Å². The molecule has 2 aliphatic heterocycles. The number of rotatable bonds is 12. The van der Waals surface area contributed by atoms with Gasteiger partial charge in [0, 0.05) is 56.3 Å². The number of nitrogens with zero attached hydrogens (tertiary/aromatic N) is 4. The van der Waals surface area contributed by atoms with Gasteiger partial charge in [0.15, 0.2) is 5.58 Å². The summed E-state index contributed by atoms with van der Waals surface area (Å²) in [6, 6.07) is 20.2. The molecular weight excluding hydrogens is 708 g/mol. The second-order valence-electron chi connectivity index (χ2n) is 14.2. The number of carboxylic acid groups (broad SMARTS) is 1. The van der Waals surface area contributed by atoms with Gasteiger partial charge in [-0.2, -0.15) is 10.2 Å². The molecule has 54 heavy (non-hydrogen) atoms. The van der Waals surface area contributed by atoms with Gasteiger partial charge in [-0.25, -0.2) is 4.98 Å². The predicted octanol–water partition coefficient (Wildman–Crippen LogP) is 6.35. The van der Waals surface area contributed by atoms with Gasteiger partial charge in [0.05, 0.1) is 18.6 Å². The first-order valence-electron chi connectivity index (χ1n) is 18.1. The van der Waals surface area contributed by atoms with Crippen LogP contribution in [0.1, 0.15) is 58.7 Å². The lowest BCUT2D eigenvalue weighted by Crippen LogP contribution is -2.49. The van der Waals surface area contributed by atoms with E-state index in [0.717, 1.165) is 58.2 Å². The van der Waals surface area contributed by atoms with E-state index in [9.17, 15) is 20.0 Å². The first-order chi connectivity index (χ1) is 26.2. The Hall–Kier alpha value is -5.48. The van der Waals surface area contributed by atoms with Gasteiger partial charge in [0.1, 0.15) is 22.7 Å². The van der Waals surface area contributed by atoms with E-state index >= 15 is 0 Å². The van der Waals surface area contributed by atoms with Crippen molar-refractivity contribution >= 4 is 34.6 Å². The molecule has 2 aromatic heterocycles. The second kappa shape index (κ2) is 14.7. The lowest BCUT2D eigenvalue weighted by Gasteiger charge is -2.36. The lowest BCUT2D eigenvalue weighted by atomic mass is 9.91. The summed E-state index contributed by atoms with van der Waals surface area (Å²) >= 11 is 6.73. The molecule has 2 atom stereocenters. The normalized spacial score (nSPS) is 18.3. The van der Waals surface area contributed by atoms with Gasteiger partial charge in [0.25, 0.3) is 0 Å². The summed E-state index contributed by atoms with van der Waals surface area (Å²) in [5, 5.41) is 25.9. The molecule has 0 saturated carbocycles. The minimum Gasteiger partial charge on any atom is -0.481 e. The van der Waals surface area contributed by atoms with Gasteiger partial charge in [-0.05, 0) is 83.8 Å². The zero-order valence-corrected chi connectivity index (χ0v) is 30.7. The number of ether oxygens (including phenoxy) is 2. The Kier molecular flexibility index (Phi) is 9.70. The lowest BCUT2D eigenvalue weighted by molar-refractivity contribution is -0.147. The Morgan fingerprint density at radius 3 is 2.65 bits per heavy atom. The standard InChI is InChI=1S/C41H39ClN6O6/c1-22-28(5-3-6-29(22)39-46-34-14-23(13-24(16-43)37(34)54-39)19-48-20-26(21-48)41(50)51)30-7-4-8-32-31(30)10-11-35(32)53-40-33(42)15-25(38(47-40)52-2)17-44-18-27-9-12-36(49)45-27/h3-8,13-15,26-27,35,44H,9-12,17-21H2,1-2H3,(H,45,49)(H,50,51)/t27-,35-/m0/s1. The van der Waals surface area contributed by atoms with Gasteiger partial charge in [0.2, 0.25) is 23.6 Å². The number of likely N-dealkylation sites (tertiary alicyclic amines) is 1. The van der Waals surface area contributed by atoms with E-state index in [1.54, 1.807) is 13.2 Å². The largest absolute Gasteiger partial charge is 0.481 e. The van der Waals surface area contributed by atoms with Crippen LogP contribution in [0, 0.1) is 24.2 Å². The average molecular weight is 747 g/mol. The van der Waals surface area contributed by atoms with E-state index in [1.807, 2.05) is 35.2 Å². The van der Waals surface area contributed by atoms with Crippen LogP contribution < -0.4 is 20.1 Å². The van der Waals surface area contributed by atoms with Gasteiger partial charge in [-0.1, -0.05) is 41.9 Å². The highest BCUT2D eigenvalue weighted by Crippen LogP contribution is 2.43. The Morgan fingerprint density at radius 2 is 1.89 bits per heavy atom. The molecule has 1 aliphatic carbocycles. The molecule has 0 radical (unpaired) electrons. The number of fused-ring (bicyclic) bond motifs is 2. The third-order valence-corrected chi connectivity index (χ3v) is 10.9. The summed E-state index contributed by atoms with van der Waals surface area (Å²) in [6.07, 6.45) is 2.67. The van der Waals surface area contributed by atoms with Crippen LogP contribution in [0.15, 0.2) is 59.0 Å². The highest BCUT2D eigenvalue weighted by Gasteiger charge is 2.33. The number of methoxy groups -OCH3 is 1. The second-order valence-corrected chi connectivity index (χ2v) is 14.6. The zero-order valence-electron chi connectivity index (χ0n) is 29.9. The first kappa shape index (κ1) is 35.5. The zero-order chi connectivity index (χ0) is 37.5. The summed E-state index contributed by atoms with van der Waals surface area (Å²) in [5.74, 6) is 0.119. The summed E-state index contributed by atoms with van der Waals surface area (Å²) in [5.41, 5.74) is 9.34. The van der Waals surface area contributed by atoms with Crippen LogP contribution in [0.2, 0.25) is 5.02 Å². The molecule has 276 valence electrons. The minimum atomic E-state index is -0.782. The molecule has 0 spiro atoms. The van der Waals surface area contributed by atoms with Gasteiger partial charge in [-0.15, -0.1) is 0 Å². The molecule has 2 fully saturated rings. The quantitative estimate of drug-likeness (QED) is 0.130. The number of nitrogens with one attached hydrogen (secondary N) is 2. The summed E-state index contributed by atoms with van der Waals surface area (Å²) < 4.78 is 18.4. The van der Waals surface area contributed by atoms with Crippen molar-refractivity contribution in [3.63, 3.8) is 0 Å². The van der Waals surface area contributed by atoms with Crippen molar-refractivity contribution in [1.82, 2.24) is 25.5 Å². The van der Waals surface area contributed by atoms with E-state index in [4.69, 9.17) is 30.5 Å². The van der Waals surface area contributed by atoms with E-state index in [-0.39, 0.29) is 24.0 Å². The van der Waals surface area contributed by atoms with E-state index in [2.05, 4.69) is 46.8 Å².